The molecule has 12 heterocycles. The summed E-state index contributed by atoms with van der Waals surface area (Å²) in [6.07, 6.45) is 19.9. The fraction of sp³-hybridized carbons (Fsp3) is 0.557. The number of para-hydroxylation sites is 3. The Kier molecular flexibility index (Phi) is 35.9. The van der Waals surface area contributed by atoms with E-state index in [2.05, 4.69) is 41.3 Å². The van der Waals surface area contributed by atoms with Crippen LogP contribution in [0.15, 0.2) is 133 Å². The maximum Gasteiger partial charge on any atom is 0.418 e. The highest BCUT2D eigenvalue weighted by Crippen LogP contribution is 2.40. The van der Waals surface area contributed by atoms with Gasteiger partial charge < -0.3 is 94.9 Å². The lowest BCUT2D eigenvalue weighted by molar-refractivity contribution is -0.801. The third kappa shape index (κ3) is 26.5. The van der Waals surface area contributed by atoms with Gasteiger partial charge in [-0.3, -0.25) is 43.4 Å². The lowest BCUT2D eigenvalue weighted by Gasteiger charge is -2.43. The van der Waals surface area contributed by atoms with Crippen molar-refractivity contribution < 1.29 is 77.0 Å². The molecule has 2 unspecified atom stereocenters. The number of halogens is 2. The number of methoxy groups -OCH3 is 3. The van der Waals surface area contributed by atoms with Gasteiger partial charge in [0.15, 0.2) is 18.0 Å². The highest BCUT2D eigenvalue weighted by Gasteiger charge is 2.44. The number of fused-ring (bicyclic) bond motifs is 3. The molecule has 0 aromatic heterocycles. The maximum absolute atomic E-state index is 14.1. The largest absolute Gasteiger partial charge is 0.493 e. The molecule has 0 radical (unpaired) electrons. The van der Waals surface area contributed by atoms with Crippen molar-refractivity contribution in [1.29, 1.82) is 0 Å². The topological polar surface area (TPSA) is 339 Å². The summed E-state index contributed by atoms with van der Waals surface area (Å²) in [6.45, 7) is 14.9. The number of urea groups is 4. The predicted octanol–water partition coefficient (Wildman–Crippen LogP) is 11.3. The fourth-order valence-corrected chi connectivity index (χ4v) is 23.1. The Morgan fingerprint density at radius 2 is 0.801 bits per heavy atom. The number of ketones is 1. The van der Waals surface area contributed by atoms with Gasteiger partial charge in [-0.15, -0.1) is 0 Å². The summed E-state index contributed by atoms with van der Waals surface area (Å²) in [6, 6.07) is 39.5. The van der Waals surface area contributed by atoms with E-state index < -0.39 is 24.2 Å². The van der Waals surface area contributed by atoms with Crippen LogP contribution in [0, 0.1) is 0 Å². The molecule has 12 aliphatic rings. The minimum atomic E-state index is -0.974. The van der Waals surface area contributed by atoms with E-state index in [4.69, 9.17) is 37.4 Å². The van der Waals surface area contributed by atoms with Gasteiger partial charge in [0.25, 0.3) is 11.8 Å². The van der Waals surface area contributed by atoms with Crippen molar-refractivity contribution in [3.8, 4) is 17.2 Å². The molecule has 14 amide bonds. The van der Waals surface area contributed by atoms with Gasteiger partial charge in [-0.2, -0.15) is 0 Å². The molecule has 9 saturated heterocycles. The van der Waals surface area contributed by atoms with Crippen molar-refractivity contribution >= 4 is 106 Å². The summed E-state index contributed by atoms with van der Waals surface area (Å²) in [4.78, 5) is 173. The van der Waals surface area contributed by atoms with Gasteiger partial charge in [0.05, 0.1) is 34.2 Å². The Morgan fingerprint density at radius 1 is 0.404 bits per heavy atom. The van der Waals surface area contributed by atoms with E-state index >= 15 is 0 Å². The average molecular weight is 1980 g/mol. The first-order chi connectivity index (χ1) is 68.5. The smallest absolute Gasteiger partial charge is 0.418 e. The van der Waals surface area contributed by atoms with Gasteiger partial charge in [0.1, 0.15) is 24.9 Å². The van der Waals surface area contributed by atoms with Gasteiger partial charge in [0, 0.05) is 179 Å². The zero-order valence-corrected chi connectivity index (χ0v) is 83.4. The number of aliphatic hydroxyl groups excluding tert-OH is 1. The van der Waals surface area contributed by atoms with Crippen LogP contribution in [0.1, 0.15) is 191 Å². The number of nitrogens with one attached hydrogen (secondary N) is 6. The second kappa shape index (κ2) is 49.2. The molecule has 0 bridgehead atoms. The van der Waals surface area contributed by atoms with Crippen molar-refractivity contribution in [3.05, 3.63) is 177 Å². The molecule has 33 nitrogen and oxygen atoms in total. The van der Waals surface area contributed by atoms with Gasteiger partial charge in [0.2, 0.25) is 35.2 Å². The van der Waals surface area contributed by atoms with Gasteiger partial charge in [-0.05, 0) is 238 Å². The highest BCUT2D eigenvalue weighted by atomic mass is 35.5. The number of rotatable bonds is 26. The number of amides is 14. The number of likely N-dealkylation sites (tertiary alicyclic amines) is 9. The lowest BCUT2D eigenvalue weighted by atomic mass is 9.98. The number of Topliss-reactive ketones (excluding diaryl/α,β-unsaturated/α-hetero) is 1. The normalized spacial score (nSPS) is 20.7. The van der Waals surface area contributed by atoms with Crippen LogP contribution in [-0.2, 0) is 50.0 Å². The summed E-state index contributed by atoms with van der Waals surface area (Å²) < 4.78 is 16.4. The molecule has 9 fully saturated rings. The Balaban J connectivity index is 0.000000153. The first kappa shape index (κ1) is 103. The molecule has 4 atom stereocenters. The molecule has 7 N–H and O–H groups in total. The van der Waals surface area contributed by atoms with Crippen molar-refractivity contribution in [2.45, 2.75) is 228 Å². The van der Waals surface area contributed by atoms with Crippen LogP contribution in [0.5, 0.6) is 17.2 Å². The van der Waals surface area contributed by atoms with Crippen LogP contribution in [0.2, 0.25) is 10.0 Å². The quantitative estimate of drug-likeness (QED) is 0.0248. The van der Waals surface area contributed by atoms with Gasteiger partial charge in [-0.25, -0.2) is 24.1 Å². The van der Waals surface area contributed by atoms with Crippen molar-refractivity contribution in [3.63, 3.8) is 0 Å². The maximum atomic E-state index is 14.1. The minimum Gasteiger partial charge on any atom is -0.493 e. The Labute approximate surface area is 837 Å². The number of anilines is 3. The molecule has 6 aromatic rings. The number of carbonyl (C=O) groups is 11. The average Bonchev–Trinajstić information content (AvgIpc) is 0.857. The third-order valence-electron chi connectivity index (χ3n) is 30.9. The summed E-state index contributed by atoms with van der Waals surface area (Å²) in [7, 11) is 4.47. The molecule has 35 heteroatoms. The minimum absolute atomic E-state index is 0.000276. The molecular formula is C106H141Cl2N18O15+. The van der Waals surface area contributed by atoms with Crippen molar-refractivity contribution in [2.75, 3.05) is 168 Å². The Hall–Kier alpha value is -11.2. The van der Waals surface area contributed by atoms with Crippen LogP contribution in [-0.4, -0.2) is 336 Å². The second-order valence-corrected chi connectivity index (χ2v) is 40.6. The van der Waals surface area contributed by atoms with Gasteiger partial charge in [-0.1, -0.05) is 115 Å². The standard InChI is InChI=1S/C37H50N6O7.C35H47ClN6O4.C34H43ClN6O4/c1-48-32-21-27(22-33(49-2)35(32)50-3)31(44)24-42(37(47)41-19-11-28(12-20-41)39-15-7-4-8-16-39)25-34(45)40-17-13-29(14-18-40)43-23-26-9-5-6-10-30(26)38-36(43)46;36-27-10-8-25(9-11-27)22-32(43)37-31(34(45)41-20-12-28(13-21-41)39-16-4-1-5-17-39)23-33(44)40-18-14-29(15-19-40)42-24-26-6-2-3-7-30(26)38-35(42)46;35-26-9-6-8-24(21-26)32(43)36-30(33(44)40-19-11-27(12-20-40)38-15-4-1-5-16-38)22-31(42)39-17-13-28(14-18-39)41-23-25-7-2-3-10-29(25)37-34(41)45/h5-6,9-10,21-22,28-29H,4,7-8,11-20,23-25H2,1-3H3,(H,38,46);2-3,6-11,28-29,31,33,44H,1,4-5,12-24H2,(H,37,43)(H,38,46);2-3,6-10,21,27-28,30H,1,4-5,11-20,22-23H2,(H,36,43)(H,37,45)/p+1/t;31-,33?;30-/m.00/s1. The predicted molar refractivity (Wildman–Crippen MR) is 538 cm³/mol. The summed E-state index contributed by atoms with van der Waals surface area (Å²) >= 11 is 12.1. The zero-order chi connectivity index (χ0) is 98.6. The van der Waals surface area contributed by atoms with E-state index in [1.807, 2.05) is 119 Å². The SMILES string of the molecule is COc1cc(C(=O)C[NH+](CC(=O)N2CCC(N3Cc4ccccc4NC3=O)CC2)C(=O)N2CCC(N3CCCCC3)CC2)cc(OC)c1OC.O=C(Cc1ccc(Cl)cc1)N[C@@H](CC(O)N1CCC(N2Cc3ccccc3NC2=O)CC1)C(=O)N1CCC(N2CCCCC2)CC1.O=C(N[C@@H](CC(=O)N1CCC(N2Cc3ccccc3NC2=O)CC1)C(=O)N1CCC(N2CCCCC2)CC1)c1cccc(Cl)c1. The fourth-order valence-electron chi connectivity index (χ4n) is 22.8. The van der Waals surface area contributed by atoms with E-state index in [1.54, 1.807) is 58.3 Å². The van der Waals surface area contributed by atoms with Crippen LogP contribution in [0.25, 0.3) is 0 Å². The lowest BCUT2D eigenvalue weighted by Crippen LogP contribution is -3.17. The van der Waals surface area contributed by atoms with Crippen molar-refractivity contribution in [1.82, 2.24) is 69.4 Å². The van der Waals surface area contributed by atoms with E-state index in [0.29, 0.717) is 185 Å². The van der Waals surface area contributed by atoms with Crippen LogP contribution >= 0.6 is 23.2 Å². The molecular weight excluding hydrogens is 1840 g/mol. The van der Waals surface area contributed by atoms with Crippen LogP contribution in [0.3, 0.4) is 0 Å². The molecule has 12 aliphatic heterocycles. The molecule has 0 spiro atoms. The molecule has 6 aromatic carbocycles. The molecule has 18 rings (SSSR count). The third-order valence-corrected chi connectivity index (χ3v) is 31.4. The second-order valence-electron chi connectivity index (χ2n) is 39.7. The highest BCUT2D eigenvalue weighted by molar-refractivity contribution is 6.31. The number of ether oxygens (including phenoxy) is 3. The zero-order valence-electron chi connectivity index (χ0n) is 81.9. The first-order valence-electron chi connectivity index (χ1n) is 51.3. The number of piperidine rings is 9. The monoisotopic (exact) mass is 1980 g/mol. The number of quaternary nitrogens is 1. The number of aliphatic hydroxyl groups is 1. The Bertz CT molecular complexity index is 5300. The van der Waals surface area contributed by atoms with E-state index in [1.165, 1.54) is 79.1 Å². The summed E-state index contributed by atoms with van der Waals surface area (Å²) in [5.74, 6) is -0.634. The Morgan fingerprint density at radius 3 is 1.23 bits per heavy atom. The number of hydrogen-bond donors (Lipinski definition) is 7. The van der Waals surface area contributed by atoms with E-state index in [0.717, 1.165) is 130 Å². The number of carbonyl (C=O) groups excluding carboxylic acids is 11. The van der Waals surface area contributed by atoms with E-state index in [9.17, 15) is 57.8 Å². The molecule has 0 saturated carbocycles. The number of hydrogen-bond acceptors (Lipinski definition) is 19. The number of benzene rings is 6. The first-order valence-corrected chi connectivity index (χ1v) is 52.1. The number of nitrogens with zero attached hydrogens (tertiary/aromatic N) is 12. The molecule has 758 valence electrons. The van der Waals surface area contributed by atoms with Gasteiger partial charge >= 0.3 is 24.1 Å². The van der Waals surface area contributed by atoms with E-state index in [-0.39, 0.29) is 110 Å². The molecule has 141 heavy (non-hydrogen) atoms. The van der Waals surface area contributed by atoms with Crippen LogP contribution in [0.4, 0.5) is 36.2 Å². The summed E-state index contributed by atoms with van der Waals surface area (Å²) in [5.41, 5.74) is 7.25. The summed E-state index contributed by atoms with van der Waals surface area (Å²) in [5, 5.41) is 27.2. The van der Waals surface area contributed by atoms with Crippen LogP contribution < -0.4 is 45.7 Å². The van der Waals surface area contributed by atoms with Crippen molar-refractivity contribution in [2.24, 2.45) is 0 Å². The molecule has 0 aliphatic carbocycles.